The van der Waals surface area contributed by atoms with Gasteiger partial charge in [0.2, 0.25) is 5.91 Å². The lowest BCUT2D eigenvalue weighted by molar-refractivity contribution is -0.124. The van der Waals surface area contributed by atoms with E-state index in [0.29, 0.717) is 0 Å². The van der Waals surface area contributed by atoms with Gasteiger partial charge in [-0.25, -0.2) is 0 Å². The molecule has 0 saturated carbocycles. The molecule has 17 heavy (non-hydrogen) atoms. The lowest BCUT2D eigenvalue weighted by Gasteiger charge is -2.29. The van der Waals surface area contributed by atoms with E-state index >= 15 is 0 Å². The minimum absolute atomic E-state index is 0.0136. The Morgan fingerprint density at radius 2 is 2.06 bits per heavy atom. The highest BCUT2D eigenvalue weighted by atomic mass is 32.2. The average molecular weight is 247 g/mol. The summed E-state index contributed by atoms with van der Waals surface area (Å²) in [5.74, 6) is 0.0136. The second-order valence-electron chi connectivity index (χ2n) is 4.18. The molecule has 88 valence electrons. The second kappa shape index (κ2) is 4.16. The van der Waals surface area contributed by atoms with Gasteiger partial charge in [-0.1, -0.05) is 42.1 Å². The van der Waals surface area contributed by atoms with Crippen LogP contribution in [0, 0.1) is 0 Å². The maximum absolute atomic E-state index is 11.8. The van der Waals surface area contributed by atoms with Crippen LogP contribution in [-0.4, -0.2) is 28.5 Å². The molecule has 4 nitrogen and oxygen atoms in total. The third-order valence-electron chi connectivity index (χ3n) is 2.84. The van der Waals surface area contributed by atoms with Crippen LogP contribution >= 0.6 is 11.8 Å². The first-order valence-electron chi connectivity index (χ1n) is 5.60. The number of hydrogen-bond acceptors (Lipinski definition) is 4. The number of nitrogens with one attached hydrogen (secondary N) is 2. The van der Waals surface area contributed by atoms with Crippen LogP contribution in [0.15, 0.2) is 35.3 Å². The van der Waals surface area contributed by atoms with E-state index in [1.54, 1.807) is 11.8 Å². The first-order valence-corrected chi connectivity index (χ1v) is 6.48. The molecule has 0 aromatic heterocycles. The number of amides is 1. The van der Waals surface area contributed by atoms with Gasteiger partial charge in [-0.2, -0.15) is 0 Å². The lowest BCUT2D eigenvalue weighted by Crippen LogP contribution is -2.59. The van der Waals surface area contributed by atoms with Crippen molar-refractivity contribution >= 4 is 22.7 Å². The predicted molar refractivity (Wildman–Crippen MR) is 68.9 cm³/mol. The SMILES string of the molecule is CC1NC(=O)C2N=C(c3ccccc3)SC2N1. The zero-order chi connectivity index (χ0) is 11.8. The number of aliphatic imine (C=N–C) groups is 1. The fraction of sp³-hybridized carbons (Fsp3) is 0.333. The summed E-state index contributed by atoms with van der Waals surface area (Å²) in [4.78, 5) is 16.3. The Morgan fingerprint density at radius 3 is 2.82 bits per heavy atom. The normalized spacial score (nSPS) is 31.7. The van der Waals surface area contributed by atoms with Crippen molar-refractivity contribution in [1.82, 2.24) is 10.6 Å². The maximum Gasteiger partial charge on any atom is 0.248 e. The van der Waals surface area contributed by atoms with E-state index in [0.717, 1.165) is 10.6 Å². The Kier molecular flexibility index (Phi) is 2.64. The van der Waals surface area contributed by atoms with Gasteiger partial charge in [-0.3, -0.25) is 15.1 Å². The molecule has 0 aliphatic carbocycles. The van der Waals surface area contributed by atoms with Gasteiger partial charge in [-0.05, 0) is 6.92 Å². The van der Waals surface area contributed by atoms with E-state index in [1.165, 1.54) is 0 Å². The van der Waals surface area contributed by atoms with Gasteiger partial charge in [0.1, 0.15) is 5.04 Å². The molecule has 0 bridgehead atoms. The fourth-order valence-corrected chi connectivity index (χ4v) is 3.31. The quantitative estimate of drug-likeness (QED) is 0.776. The summed E-state index contributed by atoms with van der Waals surface area (Å²) in [6.07, 6.45) is 0.0153. The number of benzene rings is 1. The summed E-state index contributed by atoms with van der Waals surface area (Å²) in [6, 6.07) is 9.68. The molecule has 2 N–H and O–H groups in total. The average Bonchev–Trinajstić information content (AvgIpc) is 2.74. The molecular formula is C12H13N3OS. The molecule has 1 aromatic rings. The highest BCUT2D eigenvalue weighted by Crippen LogP contribution is 2.30. The topological polar surface area (TPSA) is 53.5 Å². The van der Waals surface area contributed by atoms with Crippen LogP contribution in [-0.2, 0) is 4.79 Å². The third-order valence-corrected chi connectivity index (χ3v) is 4.06. The van der Waals surface area contributed by atoms with Crippen molar-refractivity contribution in [2.45, 2.75) is 24.5 Å². The van der Waals surface area contributed by atoms with Crippen LogP contribution in [0.3, 0.4) is 0 Å². The Hall–Kier alpha value is -1.33. The standard InChI is InChI=1S/C12H13N3OS/c1-7-13-10(16)9-12(14-7)17-11(15-9)8-5-3-2-4-6-8/h2-7,9,12,14H,1H3,(H,13,16). The van der Waals surface area contributed by atoms with Gasteiger partial charge in [0.15, 0.2) is 6.04 Å². The Bertz CT molecular complexity index is 474. The van der Waals surface area contributed by atoms with E-state index in [9.17, 15) is 4.79 Å². The summed E-state index contributed by atoms with van der Waals surface area (Å²) in [5, 5.41) is 7.18. The maximum atomic E-state index is 11.8. The molecule has 1 aromatic carbocycles. The molecule has 3 atom stereocenters. The largest absolute Gasteiger partial charge is 0.339 e. The van der Waals surface area contributed by atoms with Crippen molar-refractivity contribution in [2.24, 2.45) is 4.99 Å². The Balaban J connectivity index is 1.87. The van der Waals surface area contributed by atoms with Gasteiger partial charge in [0.05, 0.1) is 11.5 Å². The number of hydrogen-bond donors (Lipinski definition) is 2. The molecule has 2 heterocycles. The molecule has 1 fully saturated rings. The monoisotopic (exact) mass is 247 g/mol. The predicted octanol–water partition coefficient (Wildman–Crippen LogP) is 0.940. The first kappa shape index (κ1) is 10.8. The molecule has 0 spiro atoms. The summed E-state index contributed by atoms with van der Waals surface area (Å²) >= 11 is 1.63. The highest BCUT2D eigenvalue weighted by Gasteiger charge is 2.40. The molecule has 1 amide bonds. The van der Waals surface area contributed by atoms with Gasteiger partial charge in [0.25, 0.3) is 0 Å². The van der Waals surface area contributed by atoms with Crippen LogP contribution in [0.5, 0.6) is 0 Å². The zero-order valence-electron chi connectivity index (χ0n) is 9.38. The number of fused-ring (bicyclic) bond motifs is 1. The van der Waals surface area contributed by atoms with Crippen LogP contribution in [0.2, 0.25) is 0 Å². The van der Waals surface area contributed by atoms with Crippen molar-refractivity contribution in [3.8, 4) is 0 Å². The molecule has 2 aliphatic heterocycles. The van der Waals surface area contributed by atoms with Crippen LogP contribution < -0.4 is 10.6 Å². The van der Waals surface area contributed by atoms with Crippen molar-refractivity contribution in [1.29, 1.82) is 0 Å². The van der Waals surface area contributed by atoms with Gasteiger partial charge in [0, 0.05) is 5.56 Å². The summed E-state index contributed by atoms with van der Waals surface area (Å²) in [5.41, 5.74) is 1.08. The molecule has 5 heteroatoms. The zero-order valence-corrected chi connectivity index (χ0v) is 10.2. The second-order valence-corrected chi connectivity index (χ2v) is 5.31. The van der Waals surface area contributed by atoms with Gasteiger partial charge in [-0.15, -0.1) is 0 Å². The molecule has 2 aliphatic rings. The van der Waals surface area contributed by atoms with Crippen LogP contribution in [0.4, 0.5) is 0 Å². The summed E-state index contributed by atoms with van der Waals surface area (Å²) in [6.45, 7) is 1.94. The van der Waals surface area contributed by atoms with E-state index < -0.39 is 0 Å². The van der Waals surface area contributed by atoms with Crippen molar-refractivity contribution < 1.29 is 4.79 Å². The smallest absolute Gasteiger partial charge is 0.248 e. The van der Waals surface area contributed by atoms with Crippen molar-refractivity contribution in [2.75, 3.05) is 0 Å². The lowest BCUT2D eigenvalue weighted by atomic mass is 10.2. The summed E-state index contributed by atoms with van der Waals surface area (Å²) in [7, 11) is 0. The number of thioether (sulfide) groups is 1. The molecular weight excluding hydrogens is 234 g/mol. The molecule has 3 rings (SSSR count). The fourth-order valence-electron chi connectivity index (χ4n) is 2.04. The van der Waals surface area contributed by atoms with Crippen molar-refractivity contribution in [3.63, 3.8) is 0 Å². The third kappa shape index (κ3) is 1.96. The highest BCUT2D eigenvalue weighted by molar-refractivity contribution is 8.15. The Morgan fingerprint density at radius 1 is 1.29 bits per heavy atom. The van der Waals surface area contributed by atoms with Gasteiger partial charge < -0.3 is 5.32 Å². The van der Waals surface area contributed by atoms with E-state index in [-0.39, 0.29) is 23.5 Å². The number of carbonyl (C=O) groups is 1. The van der Waals surface area contributed by atoms with Crippen LogP contribution in [0.25, 0.3) is 0 Å². The van der Waals surface area contributed by atoms with E-state index in [1.807, 2.05) is 37.3 Å². The van der Waals surface area contributed by atoms with E-state index in [4.69, 9.17) is 0 Å². The number of nitrogens with zero attached hydrogens (tertiary/aromatic N) is 1. The van der Waals surface area contributed by atoms with Crippen LogP contribution in [0.1, 0.15) is 12.5 Å². The van der Waals surface area contributed by atoms with Gasteiger partial charge >= 0.3 is 0 Å². The Labute approximate surface area is 104 Å². The minimum atomic E-state index is -0.300. The first-order chi connectivity index (χ1) is 8.24. The number of carbonyl (C=O) groups excluding carboxylic acids is 1. The molecule has 0 radical (unpaired) electrons. The minimum Gasteiger partial charge on any atom is -0.339 e. The molecule has 1 saturated heterocycles. The summed E-state index contributed by atoms with van der Waals surface area (Å²) < 4.78 is 0. The number of rotatable bonds is 1. The van der Waals surface area contributed by atoms with E-state index in [2.05, 4.69) is 15.6 Å². The molecule has 3 unspecified atom stereocenters. The van der Waals surface area contributed by atoms with Crippen molar-refractivity contribution in [3.05, 3.63) is 35.9 Å².